The highest BCUT2D eigenvalue weighted by Gasteiger charge is 2.23. The number of halogens is 1. The van der Waals surface area contributed by atoms with E-state index in [0.29, 0.717) is 23.9 Å². The molecule has 8 nitrogen and oxygen atoms in total. The molecule has 0 aromatic heterocycles. The Morgan fingerprint density at radius 1 is 1.17 bits per heavy atom. The predicted octanol–water partition coefficient (Wildman–Crippen LogP) is 2.98. The standard InChI is InChI=1S/C20H22ClN3O5/c1-28-17-5-6-19(18(12-17)24(26)27)29-14-20(25)23-9-7-22(8-10-23)13-15-3-2-4-16(21)11-15/h2-6,11-12H,7-10,13-14H2,1H3. The number of methoxy groups -OCH3 is 1. The van der Waals surface area contributed by atoms with Crippen LogP contribution < -0.4 is 9.47 Å². The zero-order chi connectivity index (χ0) is 20.8. The summed E-state index contributed by atoms with van der Waals surface area (Å²) in [5.74, 6) is 0.201. The third-order valence-electron chi connectivity index (χ3n) is 4.73. The Balaban J connectivity index is 1.51. The largest absolute Gasteiger partial charge is 0.496 e. The fourth-order valence-electron chi connectivity index (χ4n) is 3.17. The van der Waals surface area contributed by atoms with E-state index in [-0.39, 0.29) is 24.0 Å². The van der Waals surface area contributed by atoms with Crippen LogP contribution in [0.1, 0.15) is 5.56 Å². The van der Waals surface area contributed by atoms with Gasteiger partial charge in [0.1, 0.15) is 5.75 Å². The molecular formula is C20H22ClN3O5. The van der Waals surface area contributed by atoms with Gasteiger partial charge in [-0.3, -0.25) is 19.8 Å². The highest BCUT2D eigenvalue weighted by molar-refractivity contribution is 6.30. The van der Waals surface area contributed by atoms with Crippen LogP contribution in [-0.2, 0) is 11.3 Å². The fourth-order valence-corrected chi connectivity index (χ4v) is 3.38. The van der Waals surface area contributed by atoms with Crippen LogP contribution >= 0.6 is 11.6 Å². The molecule has 0 aliphatic carbocycles. The number of hydrogen-bond acceptors (Lipinski definition) is 6. The quantitative estimate of drug-likeness (QED) is 0.506. The van der Waals surface area contributed by atoms with Crippen molar-refractivity contribution in [3.05, 3.63) is 63.2 Å². The highest BCUT2D eigenvalue weighted by Crippen LogP contribution is 2.31. The highest BCUT2D eigenvalue weighted by atomic mass is 35.5. The van der Waals surface area contributed by atoms with Crippen LogP contribution in [-0.4, -0.2) is 60.5 Å². The maximum atomic E-state index is 12.5. The van der Waals surface area contributed by atoms with Crippen molar-refractivity contribution in [3.63, 3.8) is 0 Å². The van der Waals surface area contributed by atoms with Gasteiger partial charge in [0, 0.05) is 37.7 Å². The third-order valence-corrected chi connectivity index (χ3v) is 4.97. The summed E-state index contributed by atoms with van der Waals surface area (Å²) in [6.07, 6.45) is 0. The van der Waals surface area contributed by atoms with Crippen LogP contribution in [0.3, 0.4) is 0 Å². The van der Waals surface area contributed by atoms with Crippen LogP contribution in [0.2, 0.25) is 5.02 Å². The third kappa shape index (κ3) is 5.58. The van der Waals surface area contributed by atoms with E-state index in [9.17, 15) is 14.9 Å². The van der Waals surface area contributed by atoms with Crippen molar-refractivity contribution < 1.29 is 19.2 Å². The second-order valence-electron chi connectivity index (χ2n) is 6.67. The van der Waals surface area contributed by atoms with E-state index in [4.69, 9.17) is 21.1 Å². The topological polar surface area (TPSA) is 85.2 Å². The second kappa shape index (κ2) is 9.58. The summed E-state index contributed by atoms with van der Waals surface area (Å²) in [5, 5.41) is 11.9. The Morgan fingerprint density at radius 3 is 2.59 bits per heavy atom. The first-order valence-corrected chi connectivity index (χ1v) is 9.54. The summed E-state index contributed by atoms with van der Waals surface area (Å²) >= 11 is 6.03. The number of piperazine rings is 1. The lowest BCUT2D eigenvalue weighted by atomic mass is 10.2. The van der Waals surface area contributed by atoms with Gasteiger partial charge < -0.3 is 14.4 Å². The number of nitro benzene ring substituents is 1. The molecule has 0 radical (unpaired) electrons. The van der Waals surface area contributed by atoms with Gasteiger partial charge in [-0.2, -0.15) is 0 Å². The average Bonchev–Trinajstić information content (AvgIpc) is 2.72. The maximum Gasteiger partial charge on any atom is 0.314 e. The van der Waals surface area contributed by atoms with E-state index in [2.05, 4.69) is 4.90 Å². The monoisotopic (exact) mass is 419 g/mol. The molecule has 1 saturated heterocycles. The Bertz CT molecular complexity index is 884. The molecule has 1 aliphatic heterocycles. The van der Waals surface area contributed by atoms with Crippen molar-refractivity contribution in [2.45, 2.75) is 6.54 Å². The molecule has 0 spiro atoms. The van der Waals surface area contributed by atoms with Gasteiger partial charge in [-0.1, -0.05) is 23.7 Å². The zero-order valence-corrected chi connectivity index (χ0v) is 16.8. The summed E-state index contributed by atoms with van der Waals surface area (Å²) in [5.41, 5.74) is 0.899. The van der Waals surface area contributed by atoms with Crippen molar-refractivity contribution >= 4 is 23.2 Å². The van der Waals surface area contributed by atoms with E-state index in [0.717, 1.165) is 25.2 Å². The number of ether oxygens (including phenoxy) is 2. The van der Waals surface area contributed by atoms with Crippen molar-refractivity contribution in [1.82, 2.24) is 9.80 Å². The Morgan fingerprint density at radius 2 is 1.93 bits per heavy atom. The summed E-state index contributed by atoms with van der Waals surface area (Å²) in [6.45, 7) is 3.15. The summed E-state index contributed by atoms with van der Waals surface area (Å²) in [4.78, 5) is 27.1. The molecule has 0 N–H and O–H groups in total. The van der Waals surface area contributed by atoms with E-state index in [1.807, 2.05) is 24.3 Å². The van der Waals surface area contributed by atoms with Crippen molar-refractivity contribution in [1.29, 1.82) is 0 Å². The molecule has 2 aromatic carbocycles. The SMILES string of the molecule is COc1ccc(OCC(=O)N2CCN(Cc3cccc(Cl)c3)CC2)c([N+](=O)[O-])c1. The molecule has 9 heteroatoms. The number of nitrogens with zero attached hydrogens (tertiary/aromatic N) is 3. The van der Waals surface area contributed by atoms with Gasteiger partial charge in [0.25, 0.3) is 5.91 Å². The molecule has 1 aliphatic rings. The van der Waals surface area contributed by atoms with Gasteiger partial charge in [0.05, 0.1) is 18.1 Å². The van der Waals surface area contributed by atoms with Crippen LogP contribution in [0, 0.1) is 10.1 Å². The van der Waals surface area contributed by atoms with Gasteiger partial charge in [-0.05, 0) is 29.8 Å². The fraction of sp³-hybridized carbons (Fsp3) is 0.350. The normalized spacial score (nSPS) is 14.5. The number of rotatable bonds is 7. The minimum atomic E-state index is -0.559. The average molecular weight is 420 g/mol. The van der Waals surface area contributed by atoms with Crippen molar-refractivity contribution in [2.75, 3.05) is 39.9 Å². The molecule has 154 valence electrons. The first-order chi connectivity index (χ1) is 14.0. The summed E-state index contributed by atoms with van der Waals surface area (Å²) < 4.78 is 10.4. The summed E-state index contributed by atoms with van der Waals surface area (Å²) in [6, 6.07) is 12.0. The molecule has 1 heterocycles. The van der Waals surface area contributed by atoms with Crippen molar-refractivity contribution in [2.24, 2.45) is 0 Å². The first kappa shape index (κ1) is 20.9. The molecule has 1 amide bonds. The Hall–Kier alpha value is -2.84. The molecular weight excluding hydrogens is 398 g/mol. The Labute approximate surface area is 173 Å². The Kier molecular flexibility index (Phi) is 6.90. The molecule has 0 atom stereocenters. The molecule has 0 saturated carbocycles. The number of carbonyl (C=O) groups is 1. The number of hydrogen-bond donors (Lipinski definition) is 0. The van der Waals surface area contributed by atoms with Crippen LogP contribution in [0.5, 0.6) is 11.5 Å². The van der Waals surface area contributed by atoms with Gasteiger partial charge in [0.15, 0.2) is 12.4 Å². The van der Waals surface area contributed by atoms with Crippen LogP contribution in [0.15, 0.2) is 42.5 Å². The predicted molar refractivity (Wildman–Crippen MR) is 108 cm³/mol. The van der Waals surface area contributed by atoms with Crippen molar-refractivity contribution in [3.8, 4) is 11.5 Å². The number of carbonyl (C=O) groups excluding carboxylic acids is 1. The lowest BCUT2D eigenvalue weighted by molar-refractivity contribution is -0.385. The van der Waals surface area contributed by atoms with E-state index in [1.54, 1.807) is 11.0 Å². The molecule has 3 rings (SSSR count). The van der Waals surface area contributed by atoms with E-state index >= 15 is 0 Å². The molecule has 1 fully saturated rings. The maximum absolute atomic E-state index is 12.5. The molecule has 2 aromatic rings. The van der Waals surface area contributed by atoms with Crippen LogP contribution in [0.25, 0.3) is 0 Å². The van der Waals surface area contributed by atoms with Gasteiger partial charge >= 0.3 is 5.69 Å². The van der Waals surface area contributed by atoms with Gasteiger partial charge in [-0.25, -0.2) is 0 Å². The lowest BCUT2D eigenvalue weighted by Crippen LogP contribution is -2.49. The number of amides is 1. The lowest BCUT2D eigenvalue weighted by Gasteiger charge is -2.34. The van der Waals surface area contributed by atoms with Crippen LogP contribution in [0.4, 0.5) is 5.69 Å². The van der Waals surface area contributed by atoms with Gasteiger partial charge in [-0.15, -0.1) is 0 Å². The van der Waals surface area contributed by atoms with E-state index < -0.39 is 4.92 Å². The minimum Gasteiger partial charge on any atom is -0.496 e. The number of benzene rings is 2. The molecule has 0 unspecified atom stereocenters. The first-order valence-electron chi connectivity index (χ1n) is 9.16. The number of nitro groups is 1. The second-order valence-corrected chi connectivity index (χ2v) is 7.10. The summed E-state index contributed by atoms with van der Waals surface area (Å²) in [7, 11) is 1.43. The zero-order valence-electron chi connectivity index (χ0n) is 16.0. The van der Waals surface area contributed by atoms with E-state index in [1.165, 1.54) is 19.2 Å². The smallest absolute Gasteiger partial charge is 0.314 e. The van der Waals surface area contributed by atoms with Gasteiger partial charge in [0.2, 0.25) is 0 Å². The minimum absolute atomic E-state index is 0.0451. The molecule has 0 bridgehead atoms. The molecule has 29 heavy (non-hydrogen) atoms.